The quantitative estimate of drug-likeness (QED) is 0.130. The highest BCUT2D eigenvalue weighted by atomic mass is 35.5. The zero-order valence-electron chi connectivity index (χ0n) is 26.9. The smallest absolute Gasteiger partial charge is 0.320 e. The van der Waals surface area contributed by atoms with E-state index in [2.05, 4.69) is 36.8 Å². The molecule has 2 amide bonds. The lowest BCUT2D eigenvalue weighted by Crippen LogP contribution is -2.42. The highest BCUT2D eigenvalue weighted by molar-refractivity contribution is 6.32. The van der Waals surface area contributed by atoms with Crippen LogP contribution in [0.2, 0.25) is 5.02 Å². The zero-order valence-corrected chi connectivity index (χ0v) is 27.7. The molecule has 0 unspecified atom stereocenters. The Balaban J connectivity index is 1.19. The molecule has 246 valence electrons. The van der Waals surface area contributed by atoms with Crippen LogP contribution in [0.25, 0.3) is 5.65 Å². The lowest BCUT2D eigenvalue weighted by Gasteiger charge is -2.32. The highest BCUT2D eigenvalue weighted by Gasteiger charge is 2.30. The molecule has 1 fully saturated rings. The average Bonchev–Trinajstić information content (AvgIpc) is 3.47. The van der Waals surface area contributed by atoms with E-state index >= 15 is 0 Å². The Morgan fingerprint density at radius 2 is 1.83 bits per heavy atom. The van der Waals surface area contributed by atoms with Gasteiger partial charge in [0.1, 0.15) is 23.4 Å². The second kappa shape index (κ2) is 13.5. The van der Waals surface area contributed by atoms with Gasteiger partial charge in [-0.15, -0.1) is 10.2 Å². The van der Waals surface area contributed by atoms with Gasteiger partial charge in [-0.2, -0.15) is 0 Å². The largest absolute Gasteiger partial charge is 0.506 e. The molecular formula is C35H41ClN8O3. The first-order chi connectivity index (χ1) is 22.5. The fraction of sp³-hybridized carbons (Fsp3) is 0.371. The van der Waals surface area contributed by atoms with Gasteiger partial charge in [-0.05, 0) is 73.6 Å². The summed E-state index contributed by atoms with van der Waals surface area (Å²) in [5, 5.41) is 24.8. The number of aliphatic imine (C=N–C) groups is 1. The number of halogens is 1. The number of urea groups is 1. The second-order valence-corrected chi connectivity index (χ2v) is 13.5. The van der Waals surface area contributed by atoms with E-state index in [4.69, 9.17) is 22.1 Å². The number of anilines is 1. The molecule has 2 aromatic carbocycles. The third kappa shape index (κ3) is 7.46. The number of aromatic hydroxyl groups is 1. The minimum atomic E-state index is -0.422. The molecule has 0 radical (unpaired) electrons. The number of benzene rings is 2. The summed E-state index contributed by atoms with van der Waals surface area (Å²) >= 11 is 6.10. The maximum Gasteiger partial charge on any atom is 0.320 e. The van der Waals surface area contributed by atoms with Crippen molar-refractivity contribution in [1.82, 2.24) is 25.2 Å². The number of amidine groups is 1. The van der Waals surface area contributed by atoms with Crippen molar-refractivity contribution < 1.29 is 14.6 Å². The van der Waals surface area contributed by atoms with Crippen LogP contribution in [0.5, 0.6) is 11.5 Å². The third-order valence-electron chi connectivity index (χ3n) is 8.60. The number of hydrogen-bond donors (Lipinski definition) is 4. The number of phenols is 1. The summed E-state index contributed by atoms with van der Waals surface area (Å²) in [6, 6.07) is 15.8. The number of allylic oxidation sites excluding steroid dienone is 1. The number of carbonyl (C=O) groups is 1. The van der Waals surface area contributed by atoms with Crippen molar-refractivity contribution in [2.75, 3.05) is 18.0 Å². The number of phenolic OH excluding ortho intramolecular Hbond substituents is 1. The van der Waals surface area contributed by atoms with Crippen LogP contribution in [-0.4, -0.2) is 44.7 Å². The minimum Gasteiger partial charge on any atom is -0.506 e. The van der Waals surface area contributed by atoms with Crippen molar-refractivity contribution in [2.45, 2.75) is 65.0 Å². The van der Waals surface area contributed by atoms with Crippen LogP contribution in [0.1, 0.15) is 76.1 Å². The molecule has 2 aliphatic rings. The van der Waals surface area contributed by atoms with Crippen LogP contribution in [0.15, 0.2) is 77.6 Å². The Labute approximate surface area is 279 Å². The monoisotopic (exact) mass is 656 g/mol. The molecule has 0 bridgehead atoms. The molecule has 47 heavy (non-hydrogen) atoms. The number of pyridine rings is 1. The van der Waals surface area contributed by atoms with Crippen molar-refractivity contribution >= 4 is 40.8 Å². The summed E-state index contributed by atoms with van der Waals surface area (Å²) in [7, 11) is 0. The number of aromatic nitrogens is 3. The second-order valence-electron chi connectivity index (χ2n) is 13.1. The third-order valence-corrected chi connectivity index (χ3v) is 8.90. The Hall–Kier alpha value is -4.77. The van der Waals surface area contributed by atoms with Gasteiger partial charge in [0.2, 0.25) is 5.95 Å². The van der Waals surface area contributed by atoms with E-state index in [1.54, 1.807) is 12.1 Å². The normalized spacial score (nSPS) is 18.9. The van der Waals surface area contributed by atoms with E-state index in [1.165, 1.54) is 18.6 Å². The Bertz CT molecular complexity index is 1820. The van der Waals surface area contributed by atoms with Crippen molar-refractivity contribution in [1.29, 1.82) is 0 Å². The van der Waals surface area contributed by atoms with E-state index in [9.17, 15) is 9.90 Å². The number of fused-ring (bicyclic) bond motifs is 2. The number of amides is 2. The first kappa shape index (κ1) is 32.2. The Morgan fingerprint density at radius 1 is 1.06 bits per heavy atom. The molecule has 6 rings (SSSR count). The molecule has 4 aromatic rings. The summed E-state index contributed by atoms with van der Waals surface area (Å²) in [6.45, 7) is 7.88. The predicted molar refractivity (Wildman–Crippen MR) is 184 cm³/mol. The first-order valence-electron chi connectivity index (χ1n) is 16.0. The van der Waals surface area contributed by atoms with Crippen molar-refractivity contribution in [3.63, 3.8) is 0 Å². The summed E-state index contributed by atoms with van der Waals surface area (Å²) < 4.78 is 8.60. The molecule has 2 aromatic heterocycles. The molecule has 1 aliphatic heterocycles. The average molecular weight is 657 g/mol. The van der Waals surface area contributed by atoms with E-state index in [1.807, 2.05) is 61.7 Å². The van der Waals surface area contributed by atoms with Gasteiger partial charge in [-0.3, -0.25) is 9.72 Å². The number of piperidine rings is 1. The molecule has 1 saturated heterocycles. The number of ether oxygens (including phenoxy) is 1. The standard InChI is InChI=1S/C35H41ClN8O3/c1-35(2,3)30(37)20-31(38-22-11-14-28(45)26(36)19-22)40-33(46)39-27-13-15-29(25-10-6-5-9-24(25)27)47-23-12-16-32-41-42-34(44(32)21-23)43-17-7-4-8-18-43/h5-6,9-12,14,16,19-21,27,29,45H,4,7-8,13,15,17-18,37H2,1-3H3,(H2,38,39,40,46)/t27-,29+/m0/s1. The predicted octanol–water partition coefficient (Wildman–Crippen LogP) is 6.95. The Morgan fingerprint density at radius 3 is 2.57 bits per heavy atom. The van der Waals surface area contributed by atoms with Crippen LogP contribution in [0, 0.1) is 5.41 Å². The zero-order chi connectivity index (χ0) is 33.1. The van der Waals surface area contributed by atoms with Crippen molar-refractivity contribution in [3.05, 3.63) is 88.7 Å². The van der Waals surface area contributed by atoms with Gasteiger partial charge in [-0.1, -0.05) is 56.6 Å². The van der Waals surface area contributed by atoms with E-state index in [-0.39, 0.29) is 34.2 Å². The summed E-state index contributed by atoms with van der Waals surface area (Å²) in [6.07, 6.45) is 8.34. The highest BCUT2D eigenvalue weighted by Crippen LogP contribution is 2.39. The fourth-order valence-corrected chi connectivity index (χ4v) is 6.08. The number of nitrogens with zero attached hydrogens (tertiary/aromatic N) is 5. The molecular weight excluding hydrogens is 616 g/mol. The van der Waals surface area contributed by atoms with Crippen molar-refractivity contribution in [3.8, 4) is 11.5 Å². The van der Waals surface area contributed by atoms with Crippen LogP contribution in [0.4, 0.5) is 16.4 Å². The van der Waals surface area contributed by atoms with Gasteiger partial charge in [0.25, 0.3) is 0 Å². The lowest BCUT2D eigenvalue weighted by atomic mass is 9.85. The van der Waals surface area contributed by atoms with Gasteiger partial charge < -0.3 is 25.8 Å². The van der Waals surface area contributed by atoms with Crippen LogP contribution < -0.4 is 26.0 Å². The van der Waals surface area contributed by atoms with Crippen LogP contribution in [0.3, 0.4) is 0 Å². The number of rotatable bonds is 6. The summed E-state index contributed by atoms with van der Waals surface area (Å²) in [5.74, 6) is 1.77. The van der Waals surface area contributed by atoms with E-state index in [0.29, 0.717) is 24.2 Å². The maximum atomic E-state index is 13.4. The molecule has 2 atom stereocenters. The van der Waals surface area contributed by atoms with E-state index in [0.717, 1.165) is 54.4 Å². The molecule has 0 saturated carbocycles. The number of nitrogens with two attached hydrogens (primary N) is 1. The lowest BCUT2D eigenvalue weighted by molar-refractivity contribution is 0.171. The molecule has 1 aliphatic carbocycles. The van der Waals surface area contributed by atoms with E-state index < -0.39 is 6.03 Å². The number of carbonyl (C=O) groups excluding carboxylic acids is 1. The SMILES string of the molecule is CC(C)(C)C(N)=CC(=Nc1ccc(O)c(Cl)c1)NC(=O)N[C@H]1CC[C@@H](Oc2ccc3nnc(N4CCCCC4)n3c2)c2ccccc21. The first-order valence-corrected chi connectivity index (χ1v) is 16.4. The van der Waals surface area contributed by atoms with Crippen LogP contribution >= 0.6 is 11.6 Å². The maximum absolute atomic E-state index is 13.4. The summed E-state index contributed by atoms with van der Waals surface area (Å²) in [5.41, 5.74) is 9.79. The molecule has 0 spiro atoms. The molecule has 5 N–H and O–H groups in total. The van der Waals surface area contributed by atoms with Gasteiger partial charge in [0, 0.05) is 30.3 Å². The summed E-state index contributed by atoms with van der Waals surface area (Å²) in [4.78, 5) is 20.3. The molecule has 3 heterocycles. The minimum absolute atomic E-state index is 0.0534. The molecule has 11 nitrogen and oxygen atoms in total. The van der Waals surface area contributed by atoms with Gasteiger partial charge in [0.15, 0.2) is 5.65 Å². The number of hydrogen-bond acceptors (Lipinski definition) is 8. The van der Waals surface area contributed by atoms with Gasteiger partial charge in [0.05, 0.1) is 22.9 Å². The number of nitrogens with one attached hydrogen (secondary N) is 2. The fourth-order valence-electron chi connectivity index (χ4n) is 5.90. The van der Waals surface area contributed by atoms with Gasteiger partial charge in [-0.25, -0.2) is 9.79 Å². The van der Waals surface area contributed by atoms with Crippen LogP contribution in [-0.2, 0) is 0 Å². The Kier molecular flexibility index (Phi) is 9.26. The van der Waals surface area contributed by atoms with Crippen molar-refractivity contribution in [2.24, 2.45) is 16.1 Å². The van der Waals surface area contributed by atoms with Gasteiger partial charge >= 0.3 is 6.03 Å². The topological polar surface area (TPSA) is 142 Å². The molecule has 12 heteroatoms.